The second kappa shape index (κ2) is 33.0. The summed E-state index contributed by atoms with van der Waals surface area (Å²) in [5.41, 5.74) is 0. The van der Waals surface area contributed by atoms with E-state index in [-0.39, 0.29) is 0 Å². The number of halogens is 2. The van der Waals surface area contributed by atoms with Gasteiger partial charge in [-0.3, -0.25) is 0 Å². The molecule has 5 heteroatoms. The van der Waals surface area contributed by atoms with E-state index >= 15 is 0 Å². The first-order valence-electron chi connectivity index (χ1n) is 15.5. The summed E-state index contributed by atoms with van der Waals surface area (Å²) in [5, 5.41) is 0. The Balaban J connectivity index is 3.57. The Labute approximate surface area is 259 Å². The molecular weight excluding hydrogens is 686 g/mol. The van der Waals surface area contributed by atoms with Gasteiger partial charge in [-0.2, -0.15) is 0 Å². The van der Waals surface area contributed by atoms with Gasteiger partial charge in [-0.05, 0) is 84.9 Å². The van der Waals surface area contributed by atoms with Crippen LogP contribution in [0.1, 0.15) is 129 Å². The van der Waals surface area contributed by atoms with E-state index in [1.165, 1.54) is 112 Å². The van der Waals surface area contributed by atoms with Crippen molar-refractivity contribution in [2.75, 3.05) is 35.7 Å². The van der Waals surface area contributed by atoms with Gasteiger partial charge in [0.25, 0.3) is 0 Å². The molecule has 0 radical (unpaired) electrons. The van der Waals surface area contributed by atoms with Crippen LogP contribution in [0.5, 0.6) is 0 Å². The van der Waals surface area contributed by atoms with E-state index in [4.69, 9.17) is 14.2 Å². The van der Waals surface area contributed by atoms with E-state index in [0.29, 0.717) is 25.4 Å². The van der Waals surface area contributed by atoms with E-state index in [2.05, 4.69) is 83.3 Å². The van der Waals surface area contributed by atoms with Gasteiger partial charge < -0.3 is 14.2 Å². The normalized spacial score (nSPS) is 13.7. The third-order valence-corrected chi connectivity index (χ3v) is 8.50. The Bertz CT molecular complexity index is 443. The highest BCUT2D eigenvalue weighted by atomic mass is 127. The van der Waals surface area contributed by atoms with Crippen LogP contribution in [0.15, 0.2) is 24.3 Å². The Morgan fingerprint density at radius 3 is 1.27 bits per heavy atom. The zero-order valence-electron chi connectivity index (χ0n) is 24.4. The average Bonchev–Trinajstić information content (AvgIpc) is 2.92. The van der Waals surface area contributed by atoms with Gasteiger partial charge in [-0.15, -0.1) is 0 Å². The molecule has 0 aromatic carbocycles. The largest absolute Gasteiger partial charge is 0.355 e. The smallest absolute Gasteiger partial charge is 0.149 e. The van der Waals surface area contributed by atoms with Crippen molar-refractivity contribution in [3.05, 3.63) is 24.3 Å². The van der Waals surface area contributed by atoms with Crippen LogP contribution in [0.2, 0.25) is 0 Å². The molecule has 0 aliphatic heterocycles. The summed E-state index contributed by atoms with van der Waals surface area (Å²) in [6.45, 7) is 6.68. The standard InChI is InChI=1S/C32H60I2O3/c1-3-31(21-17-13-9-5-7-11-15-19-25-33)23-27-35-29-37-30-36-28-24-32(4-2)22-18-14-10-6-8-12-16-20-26-34/h17-18,21-22,31-32H,3-16,19-20,23-30H2,1-2H3. The zero-order valence-corrected chi connectivity index (χ0v) is 28.7. The molecule has 0 amide bonds. The van der Waals surface area contributed by atoms with E-state index in [0.717, 1.165) is 26.1 Å². The minimum absolute atomic E-state index is 0.326. The van der Waals surface area contributed by atoms with Gasteiger partial charge in [0.1, 0.15) is 13.6 Å². The first-order chi connectivity index (χ1) is 18.3. The van der Waals surface area contributed by atoms with Crippen molar-refractivity contribution in [1.29, 1.82) is 0 Å². The molecule has 0 N–H and O–H groups in total. The van der Waals surface area contributed by atoms with Crippen molar-refractivity contribution in [2.45, 2.75) is 129 Å². The van der Waals surface area contributed by atoms with E-state index in [9.17, 15) is 0 Å². The highest BCUT2D eigenvalue weighted by molar-refractivity contribution is 14.1. The monoisotopic (exact) mass is 746 g/mol. The third-order valence-electron chi connectivity index (χ3n) is 6.97. The minimum atomic E-state index is 0.326. The van der Waals surface area contributed by atoms with E-state index in [1.54, 1.807) is 0 Å². The Kier molecular flexibility index (Phi) is 33.8. The summed E-state index contributed by atoms with van der Waals surface area (Å²) in [6, 6.07) is 0. The minimum Gasteiger partial charge on any atom is -0.355 e. The molecule has 0 saturated heterocycles. The number of hydrogen-bond donors (Lipinski definition) is 0. The molecule has 2 atom stereocenters. The first kappa shape index (κ1) is 37.8. The maximum absolute atomic E-state index is 5.67. The van der Waals surface area contributed by atoms with Crippen LogP contribution < -0.4 is 0 Å². The summed E-state index contributed by atoms with van der Waals surface area (Å²) in [6.07, 6.45) is 33.1. The molecule has 0 aromatic rings. The lowest BCUT2D eigenvalue weighted by atomic mass is 10.0. The molecule has 0 aromatic heterocycles. The van der Waals surface area contributed by atoms with Crippen LogP contribution >= 0.6 is 45.2 Å². The van der Waals surface area contributed by atoms with Gasteiger partial charge >= 0.3 is 0 Å². The predicted octanol–water partition coefficient (Wildman–Crippen LogP) is 11.2. The molecule has 0 bridgehead atoms. The predicted molar refractivity (Wildman–Crippen MR) is 180 cm³/mol. The highest BCUT2D eigenvalue weighted by Gasteiger charge is 2.03. The third kappa shape index (κ3) is 29.6. The van der Waals surface area contributed by atoms with Gasteiger partial charge in [0.05, 0.1) is 0 Å². The van der Waals surface area contributed by atoms with Crippen LogP contribution in [-0.4, -0.2) is 35.7 Å². The van der Waals surface area contributed by atoms with Crippen molar-refractivity contribution in [1.82, 2.24) is 0 Å². The molecule has 0 heterocycles. The maximum Gasteiger partial charge on any atom is 0.149 e. The topological polar surface area (TPSA) is 27.7 Å². The maximum atomic E-state index is 5.67. The number of rotatable bonds is 30. The van der Waals surface area contributed by atoms with Crippen molar-refractivity contribution >= 4 is 45.2 Å². The zero-order chi connectivity index (χ0) is 27.1. The molecule has 37 heavy (non-hydrogen) atoms. The van der Waals surface area contributed by atoms with Crippen LogP contribution in [-0.2, 0) is 14.2 Å². The van der Waals surface area contributed by atoms with Gasteiger partial charge in [-0.1, -0.05) is 135 Å². The van der Waals surface area contributed by atoms with Crippen molar-refractivity contribution in [3.8, 4) is 0 Å². The Morgan fingerprint density at radius 1 is 0.514 bits per heavy atom. The summed E-state index contributed by atoms with van der Waals surface area (Å²) >= 11 is 4.95. The van der Waals surface area contributed by atoms with Gasteiger partial charge in [0.15, 0.2) is 0 Å². The number of allylic oxidation sites excluding steroid dienone is 4. The molecule has 0 rings (SSSR count). The lowest BCUT2D eigenvalue weighted by Crippen LogP contribution is -2.09. The fourth-order valence-electron chi connectivity index (χ4n) is 4.32. The quantitative estimate of drug-likeness (QED) is 0.0241. The molecular formula is C32H60I2O3. The van der Waals surface area contributed by atoms with Crippen molar-refractivity contribution < 1.29 is 14.2 Å². The van der Waals surface area contributed by atoms with Crippen LogP contribution in [0.25, 0.3) is 0 Å². The lowest BCUT2D eigenvalue weighted by Gasteiger charge is -2.12. The fourth-order valence-corrected chi connectivity index (χ4v) is 5.40. The Morgan fingerprint density at radius 2 is 0.892 bits per heavy atom. The summed E-state index contributed by atoms with van der Waals surface area (Å²) in [4.78, 5) is 0. The molecule has 0 fully saturated rings. The molecule has 0 aliphatic rings. The SMILES string of the molecule is CCC(C=CCCCCCCCCI)CCOCOCOCCC(C=CCCCCCCCCI)CC. The van der Waals surface area contributed by atoms with Gasteiger partial charge in [0, 0.05) is 13.2 Å². The molecule has 0 saturated carbocycles. The summed E-state index contributed by atoms with van der Waals surface area (Å²) in [7, 11) is 0. The second-order valence-electron chi connectivity index (χ2n) is 10.2. The molecule has 3 nitrogen and oxygen atoms in total. The summed E-state index contributed by atoms with van der Waals surface area (Å²) in [5.74, 6) is 1.23. The van der Waals surface area contributed by atoms with Gasteiger partial charge in [-0.25, -0.2) is 0 Å². The van der Waals surface area contributed by atoms with E-state index < -0.39 is 0 Å². The number of hydrogen-bond acceptors (Lipinski definition) is 3. The summed E-state index contributed by atoms with van der Waals surface area (Å²) < 4.78 is 19.5. The van der Waals surface area contributed by atoms with E-state index in [1.807, 2.05) is 0 Å². The molecule has 220 valence electrons. The first-order valence-corrected chi connectivity index (χ1v) is 18.5. The second-order valence-corrected chi connectivity index (χ2v) is 12.4. The molecule has 2 unspecified atom stereocenters. The average molecular weight is 747 g/mol. The molecule has 0 spiro atoms. The number of unbranched alkanes of at least 4 members (excludes halogenated alkanes) is 12. The van der Waals surface area contributed by atoms with Gasteiger partial charge in [0.2, 0.25) is 0 Å². The fraction of sp³-hybridized carbons (Fsp3) is 0.875. The van der Waals surface area contributed by atoms with Crippen LogP contribution in [0.3, 0.4) is 0 Å². The van der Waals surface area contributed by atoms with Crippen LogP contribution in [0, 0.1) is 11.8 Å². The van der Waals surface area contributed by atoms with Crippen LogP contribution in [0.4, 0.5) is 0 Å². The lowest BCUT2D eigenvalue weighted by molar-refractivity contribution is -0.132. The van der Waals surface area contributed by atoms with Crippen molar-refractivity contribution in [2.24, 2.45) is 11.8 Å². The number of alkyl halides is 2. The Hall–Kier alpha value is 0.820. The molecule has 0 aliphatic carbocycles. The number of ether oxygens (including phenoxy) is 3. The highest BCUT2D eigenvalue weighted by Crippen LogP contribution is 2.14. The van der Waals surface area contributed by atoms with Crippen molar-refractivity contribution in [3.63, 3.8) is 0 Å².